The van der Waals surface area contributed by atoms with Crippen LogP contribution in [0.4, 0.5) is 0 Å². The van der Waals surface area contributed by atoms with Crippen molar-refractivity contribution in [2.24, 2.45) is 5.92 Å². The molecule has 4 aliphatic rings. The molecule has 0 amide bonds. The van der Waals surface area contributed by atoms with E-state index in [0.29, 0.717) is 17.7 Å². The molecule has 32 heavy (non-hydrogen) atoms. The van der Waals surface area contributed by atoms with Crippen molar-refractivity contribution in [1.82, 2.24) is 10.2 Å². The maximum Gasteiger partial charge on any atom is 0.125 e. The molecule has 1 heterocycles. The summed E-state index contributed by atoms with van der Waals surface area (Å²) in [5, 5.41) is 15.6. The number of rotatable bonds is 2. The van der Waals surface area contributed by atoms with Crippen LogP contribution >= 0.6 is 15.9 Å². The van der Waals surface area contributed by atoms with Crippen molar-refractivity contribution in [3.8, 4) is 5.75 Å². The van der Waals surface area contributed by atoms with Gasteiger partial charge < -0.3 is 10.4 Å². The largest absolute Gasteiger partial charge is 0.507 e. The first-order valence-corrected chi connectivity index (χ1v) is 12.9. The van der Waals surface area contributed by atoms with E-state index in [4.69, 9.17) is 0 Å². The second kappa shape index (κ2) is 7.24. The van der Waals surface area contributed by atoms with Crippen LogP contribution in [0.3, 0.4) is 0 Å². The molecule has 2 fully saturated rings. The number of benzene rings is 1. The Labute approximate surface area is 201 Å². The molecule has 1 saturated heterocycles. The fourth-order valence-corrected chi connectivity index (χ4v) is 6.56. The Morgan fingerprint density at radius 2 is 1.84 bits per heavy atom. The third-order valence-corrected chi connectivity index (χ3v) is 8.51. The van der Waals surface area contributed by atoms with Crippen molar-refractivity contribution in [2.75, 3.05) is 0 Å². The van der Waals surface area contributed by atoms with Crippen molar-refractivity contribution in [2.45, 2.75) is 95.8 Å². The lowest BCUT2D eigenvalue weighted by Crippen LogP contribution is -2.44. The lowest BCUT2D eigenvalue weighted by molar-refractivity contribution is 0.122. The minimum Gasteiger partial charge on any atom is -0.507 e. The van der Waals surface area contributed by atoms with E-state index < -0.39 is 0 Å². The minimum absolute atomic E-state index is 0.00515. The zero-order valence-electron chi connectivity index (χ0n) is 20.3. The molecule has 3 aliphatic carbocycles. The first-order valence-electron chi connectivity index (χ1n) is 12.1. The number of phenols is 1. The maximum absolute atomic E-state index is 11.7. The number of nitrogens with zero attached hydrogens (tertiary/aromatic N) is 1. The van der Waals surface area contributed by atoms with Crippen LogP contribution in [0.2, 0.25) is 0 Å². The van der Waals surface area contributed by atoms with Crippen LogP contribution in [-0.2, 0) is 10.8 Å². The van der Waals surface area contributed by atoms with Crippen molar-refractivity contribution < 1.29 is 5.11 Å². The highest BCUT2D eigenvalue weighted by Gasteiger charge is 2.68. The summed E-state index contributed by atoms with van der Waals surface area (Å²) in [5.74, 6) is 0.992. The molecule has 172 valence electrons. The lowest BCUT2D eigenvalue weighted by Gasteiger charge is -2.38. The van der Waals surface area contributed by atoms with E-state index >= 15 is 0 Å². The Morgan fingerprint density at radius 1 is 1.09 bits per heavy atom. The predicted molar refractivity (Wildman–Crippen MR) is 136 cm³/mol. The Hall–Kier alpha value is -1.52. The van der Waals surface area contributed by atoms with E-state index in [1.54, 1.807) is 0 Å². The number of allylic oxidation sites excluding steroid dienone is 3. The van der Waals surface area contributed by atoms with Crippen LogP contribution in [0.5, 0.6) is 5.75 Å². The minimum atomic E-state index is -0.136. The fourth-order valence-electron chi connectivity index (χ4n) is 5.95. The van der Waals surface area contributed by atoms with Gasteiger partial charge in [0.2, 0.25) is 0 Å². The van der Waals surface area contributed by atoms with Gasteiger partial charge in [-0.3, -0.25) is 4.90 Å². The van der Waals surface area contributed by atoms with E-state index in [0.717, 1.165) is 22.0 Å². The van der Waals surface area contributed by atoms with Gasteiger partial charge in [0.15, 0.2) is 0 Å². The Kier molecular flexibility index (Phi) is 5.04. The molecule has 5 rings (SSSR count). The third-order valence-electron chi connectivity index (χ3n) is 7.85. The summed E-state index contributed by atoms with van der Waals surface area (Å²) in [5.41, 5.74) is 4.52. The predicted octanol–water partition coefficient (Wildman–Crippen LogP) is 6.93. The highest BCUT2D eigenvalue weighted by molar-refractivity contribution is 9.11. The van der Waals surface area contributed by atoms with Gasteiger partial charge in [-0.25, -0.2) is 0 Å². The number of phenolic OH excluding ortho intramolecular Hbond substituents is 1. The summed E-state index contributed by atoms with van der Waals surface area (Å²) in [7, 11) is 0. The Balaban J connectivity index is 1.70. The Bertz CT molecular complexity index is 1040. The van der Waals surface area contributed by atoms with Crippen LogP contribution in [0.15, 0.2) is 46.6 Å². The van der Waals surface area contributed by atoms with Gasteiger partial charge in [-0.15, -0.1) is 0 Å². The average molecular weight is 498 g/mol. The van der Waals surface area contributed by atoms with Crippen molar-refractivity contribution >= 4 is 15.9 Å². The van der Waals surface area contributed by atoms with Crippen molar-refractivity contribution in [3.63, 3.8) is 0 Å². The topological polar surface area (TPSA) is 35.5 Å². The van der Waals surface area contributed by atoms with Crippen LogP contribution in [0, 0.1) is 5.92 Å². The van der Waals surface area contributed by atoms with Crippen molar-refractivity contribution in [3.05, 3.63) is 63.3 Å². The van der Waals surface area contributed by atoms with Crippen LogP contribution in [0.25, 0.3) is 0 Å². The molecule has 0 bridgehead atoms. The lowest BCUT2D eigenvalue weighted by atomic mass is 9.78. The molecule has 1 saturated carbocycles. The summed E-state index contributed by atoms with van der Waals surface area (Å²) < 4.78 is 1.15. The third kappa shape index (κ3) is 3.32. The summed E-state index contributed by atoms with van der Waals surface area (Å²) in [4.78, 5) is 2.70. The van der Waals surface area contributed by atoms with Gasteiger partial charge >= 0.3 is 0 Å². The van der Waals surface area contributed by atoms with E-state index in [1.165, 1.54) is 30.5 Å². The molecule has 4 unspecified atom stereocenters. The summed E-state index contributed by atoms with van der Waals surface area (Å²) in [6.07, 6.45) is 14.0. The Morgan fingerprint density at radius 3 is 2.47 bits per heavy atom. The first-order chi connectivity index (χ1) is 14.9. The van der Waals surface area contributed by atoms with Gasteiger partial charge in [-0.05, 0) is 75.7 Å². The van der Waals surface area contributed by atoms with Crippen LogP contribution in [0.1, 0.15) is 90.1 Å². The van der Waals surface area contributed by atoms with Crippen LogP contribution in [-0.4, -0.2) is 21.6 Å². The second-order valence-electron chi connectivity index (χ2n) is 12.2. The molecule has 1 aromatic rings. The summed E-state index contributed by atoms with van der Waals surface area (Å²) in [6.45, 7) is 13.4. The van der Waals surface area contributed by atoms with Gasteiger partial charge in [-0.2, -0.15) is 0 Å². The molecule has 2 N–H and O–H groups in total. The molecule has 1 aliphatic heterocycles. The normalized spacial score (nSPS) is 32.0. The quantitative estimate of drug-likeness (QED) is 0.435. The fraction of sp³-hybridized carbons (Fsp3) is 0.571. The van der Waals surface area contributed by atoms with Gasteiger partial charge in [0.05, 0.1) is 5.54 Å². The highest BCUT2D eigenvalue weighted by Crippen LogP contribution is 2.64. The van der Waals surface area contributed by atoms with Gasteiger partial charge in [0.1, 0.15) is 11.9 Å². The molecule has 0 aromatic heterocycles. The number of nitrogens with one attached hydrogen (secondary N) is 1. The van der Waals surface area contributed by atoms with Gasteiger partial charge in [0.25, 0.3) is 0 Å². The number of hydrogen-bond acceptors (Lipinski definition) is 3. The highest BCUT2D eigenvalue weighted by atomic mass is 79.9. The standard InChI is InChI=1S/C28H37BrN2O/c1-26(2,3)18-14-20(23(32)21(15-18)27(4,5)6)25-30-24-22(29)13-12-17-16-28(17,24)31(25)19-10-8-7-9-11-19/h8,10,12-15,17,19,25,30,32H,7,9,11,16H2,1-6H3. The molecule has 4 heteroatoms. The molecule has 1 aromatic carbocycles. The molecular weight excluding hydrogens is 460 g/mol. The van der Waals surface area contributed by atoms with E-state index in [9.17, 15) is 5.11 Å². The number of halogens is 1. The monoisotopic (exact) mass is 496 g/mol. The average Bonchev–Trinajstić information content (AvgIpc) is 3.33. The summed E-state index contributed by atoms with van der Waals surface area (Å²) in [6, 6.07) is 4.86. The molecule has 0 radical (unpaired) electrons. The van der Waals surface area contributed by atoms with Crippen molar-refractivity contribution in [1.29, 1.82) is 0 Å². The van der Waals surface area contributed by atoms with E-state index in [2.05, 4.69) is 104 Å². The summed E-state index contributed by atoms with van der Waals surface area (Å²) >= 11 is 3.84. The molecule has 4 atom stereocenters. The van der Waals surface area contributed by atoms with Gasteiger partial charge in [0, 0.05) is 27.7 Å². The van der Waals surface area contributed by atoms with Crippen LogP contribution < -0.4 is 5.32 Å². The zero-order valence-corrected chi connectivity index (χ0v) is 21.9. The second-order valence-corrected chi connectivity index (χ2v) is 13.0. The first kappa shape index (κ1) is 22.3. The number of aromatic hydroxyl groups is 1. The molecule has 3 nitrogen and oxygen atoms in total. The van der Waals surface area contributed by atoms with Gasteiger partial charge in [-0.1, -0.05) is 65.8 Å². The number of hydrogen-bond donors (Lipinski definition) is 2. The maximum atomic E-state index is 11.7. The van der Waals surface area contributed by atoms with E-state index in [1.807, 2.05) is 0 Å². The smallest absolute Gasteiger partial charge is 0.125 e. The van der Waals surface area contributed by atoms with E-state index in [-0.39, 0.29) is 22.5 Å². The molecule has 1 spiro atoms. The zero-order chi connectivity index (χ0) is 23.1. The SMILES string of the molecule is CC(C)(C)c1cc(C2NC3=C(Br)C=CC4CC34N2C2C=CCCC2)c(O)c(C(C)(C)C)c1. The molecular formula is C28H37BrN2O.